The molecule has 0 unspecified atom stereocenters. The lowest BCUT2D eigenvalue weighted by Crippen LogP contribution is -2.11. The highest BCUT2D eigenvalue weighted by Crippen LogP contribution is 2.22. The molecular formula is C16H16ClN5O. The number of rotatable bonds is 7. The molecule has 1 N–H and O–H groups in total. The molecule has 3 rings (SSSR count). The fourth-order valence-electron chi connectivity index (χ4n) is 2.02. The minimum absolute atomic E-state index is 0.511. The Morgan fingerprint density at radius 3 is 2.78 bits per heavy atom. The third-order valence-electron chi connectivity index (χ3n) is 3.08. The summed E-state index contributed by atoms with van der Waals surface area (Å²) in [5.74, 6) is 1.41. The van der Waals surface area contributed by atoms with Crippen LogP contribution in [0, 0.1) is 0 Å². The van der Waals surface area contributed by atoms with Crippen LogP contribution in [0.3, 0.4) is 0 Å². The first-order valence-corrected chi connectivity index (χ1v) is 7.58. The number of benzene rings is 1. The smallest absolute Gasteiger partial charge is 0.149 e. The monoisotopic (exact) mass is 329 g/mol. The van der Waals surface area contributed by atoms with E-state index in [0.717, 1.165) is 11.5 Å². The number of halogens is 1. The van der Waals surface area contributed by atoms with E-state index in [0.29, 0.717) is 30.5 Å². The molecule has 7 heteroatoms. The second-order valence-electron chi connectivity index (χ2n) is 4.80. The van der Waals surface area contributed by atoms with Crippen molar-refractivity contribution in [2.75, 3.05) is 18.5 Å². The molecule has 23 heavy (non-hydrogen) atoms. The van der Waals surface area contributed by atoms with Crippen molar-refractivity contribution in [2.24, 2.45) is 0 Å². The van der Waals surface area contributed by atoms with E-state index in [9.17, 15) is 0 Å². The third-order valence-corrected chi connectivity index (χ3v) is 3.39. The Labute approximate surface area is 139 Å². The van der Waals surface area contributed by atoms with Crippen LogP contribution in [0.5, 0.6) is 5.75 Å². The van der Waals surface area contributed by atoms with Gasteiger partial charge in [-0.3, -0.25) is 4.68 Å². The van der Waals surface area contributed by atoms with Crippen LogP contribution in [0.2, 0.25) is 5.02 Å². The number of nitrogens with one attached hydrogen (secondary N) is 1. The van der Waals surface area contributed by atoms with Crippen molar-refractivity contribution in [2.45, 2.75) is 6.54 Å². The summed E-state index contributed by atoms with van der Waals surface area (Å²) in [4.78, 5) is 8.35. The molecule has 0 aliphatic rings. The fourth-order valence-corrected chi connectivity index (χ4v) is 2.21. The van der Waals surface area contributed by atoms with Gasteiger partial charge in [0.15, 0.2) is 0 Å². The first-order chi connectivity index (χ1) is 11.3. The highest BCUT2D eigenvalue weighted by atomic mass is 35.5. The molecule has 0 fully saturated rings. The van der Waals surface area contributed by atoms with Gasteiger partial charge in [0.25, 0.3) is 0 Å². The fraction of sp³-hybridized carbons (Fsp3) is 0.188. The third kappa shape index (κ3) is 4.43. The van der Waals surface area contributed by atoms with Gasteiger partial charge in [0.05, 0.1) is 16.9 Å². The van der Waals surface area contributed by atoms with Crippen LogP contribution in [0.25, 0.3) is 0 Å². The van der Waals surface area contributed by atoms with Gasteiger partial charge < -0.3 is 10.1 Å². The van der Waals surface area contributed by atoms with Crippen LogP contribution in [0.1, 0.15) is 5.82 Å². The Bertz CT molecular complexity index is 747. The predicted octanol–water partition coefficient (Wildman–Crippen LogP) is 2.87. The van der Waals surface area contributed by atoms with Crippen LogP contribution >= 0.6 is 11.6 Å². The maximum absolute atomic E-state index is 6.03. The molecule has 1 aromatic carbocycles. The van der Waals surface area contributed by atoms with Crippen molar-refractivity contribution in [3.63, 3.8) is 0 Å². The molecule has 2 aromatic heterocycles. The zero-order valence-corrected chi connectivity index (χ0v) is 13.1. The summed E-state index contributed by atoms with van der Waals surface area (Å²) in [6.45, 7) is 1.70. The lowest BCUT2D eigenvalue weighted by atomic mass is 10.3. The molecule has 0 radical (unpaired) electrons. The molecule has 0 spiro atoms. The van der Waals surface area contributed by atoms with E-state index in [4.69, 9.17) is 16.3 Å². The number of nitrogens with zero attached hydrogens (tertiary/aromatic N) is 4. The summed E-state index contributed by atoms with van der Waals surface area (Å²) in [5, 5.41) is 8.14. The van der Waals surface area contributed by atoms with Gasteiger partial charge in [0.1, 0.15) is 24.7 Å². The average Bonchev–Trinajstić information content (AvgIpc) is 3.01. The van der Waals surface area contributed by atoms with Gasteiger partial charge in [0, 0.05) is 25.1 Å². The first kappa shape index (κ1) is 15.3. The van der Waals surface area contributed by atoms with Gasteiger partial charge in [0.2, 0.25) is 0 Å². The molecule has 0 amide bonds. The number of ether oxygens (including phenoxy) is 1. The summed E-state index contributed by atoms with van der Waals surface area (Å²) in [7, 11) is 0. The van der Waals surface area contributed by atoms with Gasteiger partial charge in [-0.25, -0.2) is 9.97 Å². The highest BCUT2D eigenvalue weighted by Gasteiger charge is 2.02. The molecular weight excluding hydrogens is 314 g/mol. The van der Waals surface area contributed by atoms with E-state index < -0.39 is 0 Å². The minimum Gasteiger partial charge on any atom is -0.490 e. The largest absolute Gasteiger partial charge is 0.490 e. The molecule has 118 valence electrons. The predicted molar refractivity (Wildman–Crippen MR) is 88.8 cm³/mol. The van der Waals surface area contributed by atoms with Gasteiger partial charge in [-0.1, -0.05) is 23.7 Å². The molecule has 0 bridgehead atoms. The number of hydrogen-bond donors (Lipinski definition) is 1. The van der Waals surface area contributed by atoms with E-state index in [-0.39, 0.29) is 0 Å². The molecule has 0 saturated heterocycles. The van der Waals surface area contributed by atoms with Crippen molar-refractivity contribution in [3.8, 4) is 5.75 Å². The second kappa shape index (κ2) is 7.60. The normalized spacial score (nSPS) is 10.5. The van der Waals surface area contributed by atoms with E-state index in [1.165, 1.54) is 0 Å². The number of aromatic nitrogens is 4. The summed E-state index contributed by atoms with van der Waals surface area (Å²) in [5.41, 5.74) is 0.920. The Kier molecular flexibility index (Phi) is 5.06. The number of anilines is 1. The van der Waals surface area contributed by atoms with E-state index >= 15 is 0 Å². The van der Waals surface area contributed by atoms with E-state index in [1.54, 1.807) is 35.4 Å². The van der Waals surface area contributed by atoms with E-state index in [1.807, 2.05) is 24.4 Å². The summed E-state index contributed by atoms with van der Waals surface area (Å²) < 4.78 is 7.40. The quantitative estimate of drug-likeness (QED) is 0.675. The average molecular weight is 330 g/mol. The zero-order valence-electron chi connectivity index (χ0n) is 12.4. The zero-order chi connectivity index (χ0) is 15.9. The Balaban J connectivity index is 1.45. The molecule has 0 aliphatic heterocycles. The van der Waals surface area contributed by atoms with Crippen LogP contribution in [0.4, 0.5) is 5.69 Å². The van der Waals surface area contributed by atoms with Gasteiger partial charge in [-0.05, 0) is 18.2 Å². The molecule has 0 atom stereocenters. The topological polar surface area (TPSA) is 64.9 Å². The molecule has 2 heterocycles. The highest BCUT2D eigenvalue weighted by molar-refractivity contribution is 6.32. The first-order valence-electron chi connectivity index (χ1n) is 7.21. The minimum atomic E-state index is 0.511. The standard InChI is InChI=1S/C16H16ClN5O/c17-14-4-1-2-5-15(14)23-9-8-18-13-10-21-22(11-13)12-16-19-6-3-7-20-16/h1-7,10-11,18H,8-9,12H2. The summed E-state index contributed by atoms with van der Waals surface area (Å²) in [6, 6.07) is 9.21. The maximum Gasteiger partial charge on any atom is 0.149 e. The SMILES string of the molecule is Clc1ccccc1OCCNc1cnn(Cc2ncccn2)c1. The van der Waals surface area contributed by atoms with Crippen molar-refractivity contribution in [3.05, 3.63) is 66.0 Å². The van der Waals surface area contributed by atoms with Crippen LogP contribution in [-0.2, 0) is 6.54 Å². The lowest BCUT2D eigenvalue weighted by molar-refractivity contribution is 0.333. The Morgan fingerprint density at radius 1 is 1.13 bits per heavy atom. The van der Waals surface area contributed by atoms with Crippen LogP contribution in [0.15, 0.2) is 55.1 Å². The van der Waals surface area contributed by atoms with Crippen molar-refractivity contribution in [1.29, 1.82) is 0 Å². The number of hydrogen-bond acceptors (Lipinski definition) is 5. The van der Waals surface area contributed by atoms with Crippen molar-refractivity contribution < 1.29 is 4.74 Å². The lowest BCUT2D eigenvalue weighted by Gasteiger charge is -2.08. The molecule has 0 saturated carbocycles. The van der Waals surface area contributed by atoms with Crippen LogP contribution < -0.4 is 10.1 Å². The Morgan fingerprint density at radius 2 is 1.96 bits per heavy atom. The van der Waals surface area contributed by atoms with Crippen molar-refractivity contribution in [1.82, 2.24) is 19.7 Å². The van der Waals surface area contributed by atoms with Gasteiger partial charge in [-0.2, -0.15) is 5.10 Å². The second-order valence-corrected chi connectivity index (χ2v) is 5.20. The molecule has 6 nitrogen and oxygen atoms in total. The van der Waals surface area contributed by atoms with Gasteiger partial charge in [-0.15, -0.1) is 0 Å². The van der Waals surface area contributed by atoms with Gasteiger partial charge >= 0.3 is 0 Å². The van der Waals surface area contributed by atoms with E-state index in [2.05, 4.69) is 20.4 Å². The molecule has 3 aromatic rings. The maximum atomic E-state index is 6.03. The summed E-state index contributed by atoms with van der Waals surface area (Å²) in [6.07, 6.45) is 7.11. The molecule has 0 aliphatic carbocycles. The Hall–Kier alpha value is -2.60. The van der Waals surface area contributed by atoms with Crippen molar-refractivity contribution >= 4 is 17.3 Å². The van der Waals surface area contributed by atoms with Crippen LogP contribution in [-0.4, -0.2) is 32.9 Å². The summed E-state index contributed by atoms with van der Waals surface area (Å²) >= 11 is 6.03. The number of para-hydroxylation sites is 1.